The van der Waals surface area contributed by atoms with Gasteiger partial charge >= 0.3 is 0 Å². The third-order valence-corrected chi connectivity index (χ3v) is 6.24. The van der Waals surface area contributed by atoms with Gasteiger partial charge in [0.1, 0.15) is 5.75 Å². The molecule has 1 fully saturated rings. The molecule has 0 saturated carbocycles. The molecule has 2 rings (SSSR count). The minimum atomic E-state index is -3.01. The van der Waals surface area contributed by atoms with Crippen molar-refractivity contribution in [2.45, 2.75) is 51.7 Å². The summed E-state index contributed by atoms with van der Waals surface area (Å²) in [6.07, 6.45) is -0.156. The molecule has 0 aromatic heterocycles. The zero-order chi connectivity index (χ0) is 18.1. The van der Waals surface area contributed by atoms with Crippen LogP contribution in [0, 0.1) is 0 Å². The molecule has 1 amide bonds. The van der Waals surface area contributed by atoms with Crippen molar-refractivity contribution >= 4 is 15.7 Å². The standard InChI is InChI=1S/C18H27NO4S/c1-13(17(20)19(5)15-10-11-24(21,22)12-15)23-16-8-6-14(7-9-16)18(2,3)4/h6-9,13,15H,10-12H2,1-5H3. The van der Waals surface area contributed by atoms with Gasteiger partial charge in [-0.3, -0.25) is 4.79 Å². The molecule has 2 unspecified atom stereocenters. The lowest BCUT2D eigenvalue weighted by atomic mass is 9.87. The molecule has 0 N–H and O–H groups in total. The Kier molecular flexibility index (Phi) is 5.28. The van der Waals surface area contributed by atoms with E-state index in [1.165, 1.54) is 10.5 Å². The number of sulfone groups is 1. The number of nitrogens with zero attached hydrogens (tertiary/aromatic N) is 1. The van der Waals surface area contributed by atoms with Crippen LogP contribution in [0.2, 0.25) is 0 Å². The molecule has 134 valence electrons. The van der Waals surface area contributed by atoms with Crippen LogP contribution in [-0.2, 0) is 20.0 Å². The van der Waals surface area contributed by atoms with Crippen LogP contribution < -0.4 is 4.74 Å². The molecule has 0 spiro atoms. The van der Waals surface area contributed by atoms with Gasteiger partial charge in [-0.2, -0.15) is 0 Å². The predicted molar refractivity (Wildman–Crippen MR) is 95.1 cm³/mol. The van der Waals surface area contributed by atoms with E-state index < -0.39 is 15.9 Å². The summed E-state index contributed by atoms with van der Waals surface area (Å²) in [6.45, 7) is 8.11. The molecule has 1 aliphatic rings. The maximum Gasteiger partial charge on any atom is 0.263 e. The SMILES string of the molecule is CC(Oc1ccc(C(C)(C)C)cc1)C(=O)N(C)C1CCS(=O)(=O)C1. The van der Waals surface area contributed by atoms with Gasteiger partial charge in [-0.15, -0.1) is 0 Å². The Hall–Kier alpha value is -1.56. The molecule has 1 heterocycles. The molecule has 0 radical (unpaired) electrons. The second kappa shape index (κ2) is 6.75. The average molecular weight is 353 g/mol. The zero-order valence-corrected chi connectivity index (χ0v) is 15.9. The normalized spacial score (nSPS) is 21.3. The van der Waals surface area contributed by atoms with Crippen LogP contribution >= 0.6 is 0 Å². The van der Waals surface area contributed by atoms with Gasteiger partial charge in [-0.25, -0.2) is 8.42 Å². The topological polar surface area (TPSA) is 63.7 Å². The fraction of sp³-hybridized carbons (Fsp3) is 0.611. The smallest absolute Gasteiger partial charge is 0.263 e. The number of carbonyl (C=O) groups is 1. The first-order chi connectivity index (χ1) is 11.0. The molecular weight excluding hydrogens is 326 g/mol. The van der Waals surface area contributed by atoms with Crippen molar-refractivity contribution in [1.82, 2.24) is 4.90 Å². The monoisotopic (exact) mass is 353 g/mol. The summed E-state index contributed by atoms with van der Waals surface area (Å²) < 4.78 is 28.9. The Morgan fingerprint density at radius 1 is 1.25 bits per heavy atom. The minimum absolute atomic E-state index is 0.0439. The Labute approximate surface area is 144 Å². The van der Waals surface area contributed by atoms with Crippen molar-refractivity contribution < 1.29 is 17.9 Å². The van der Waals surface area contributed by atoms with Crippen LogP contribution in [0.3, 0.4) is 0 Å². The lowest BCUT2D eigenvalue weighted by Crippen LogP contribution is -2.44. The average Bonchev–Trinajstić information content (AvgIpc) is 2.85. The summed E-state index contributed by atoms with van der Waals surface area (Å²) in [4.78, 5) is 14.0. The van der Waals surface area contributed by atoms with Crippen molar-refractivity contribution in [2.24, 2.45) is 0 Å². The van der Waals surface area contributed by atoms with Gasteiger partial charge < -0.3 is 9.64 Å². The van der Waals surface area contributed by atoms with E-state index in [1.807, 2.05) is 24.3 Å². The van der Waals surface area contributed by atoms with E-state index in [1.54, 1.807) is 14.0 Å². The Morgan fingerprint density at radius 2 is 1.83 bits per heavy atom. The number of benzene rings is 1. The van der Waals surface area contributed by atoms with E-state index in [9.17, 15) is 13.2 Å². The lowest BCUT2D eigenvalue weighted by molar-refractivity contribution is -0.138. The summed E-state index contributed by atoms with van der Waals surface area (Å²) in [6, 6.07) is 7.48. The van der Waals surface area contributed by atoms with Gasteiger partial charge in [-0.05, 0) is 36.5 Å². The van der Waals surface area contributed by atoms with Crippen LogP contribution in [0.15, 0.2) is 24.3 Å². The second-order valence-corrected chi connectivity index (χ2v) is 9.77. The van der Waals surface area contributed by atoms with E-state index >= 15 is 0 Å². The molecule has 1 aromatic carbocycles. The third-order valence-electron chi connectivity index (χ3n) is 4.48. The summed E-state index contributed by atoms with van der Waals surface area (Å²) in [5.74, 6) is 0.634. The highest BCUT2D eigenvalue weighted by atomic mass is 32.2. The fourth-order valence-electron chi connectivity index (χ4n) is 2.84. The fourth-order valence-corrected chi connectivity index (χ4v) is 4.61. The lowest BCUT2D eigenvalue weighted by Gasteiger charge is -2.27. The van der Waals surface area contributed by atoms with Crippen molar-refractivity contribution in [3.8, 4) is 5.75 Å². The van der Waals surface area contributed by atoms with E-state index in [2.05, 4.69) is 20.8 Å². The van der Waals surface area contributed by atoms with Crippen LogP contribution in [0.1, 0.15) is 39.7 Å². The van der Waals surface area contributed by atoms with Gasteiger partial charge in [-0.1, -0.05) is 32.9 Å². The molecule has 24 heavy (non-hydrogen) atoms. The molecule has 2 atom stereocenters. The number of amides is 1. The molecule has 0 bridgehead atoms. The zero-order valence-electron chi connectivity index (χ0n) is 15.1. The van der Waals surface area contributed by atoms with E-state index in [0.717, 1.165) is 0 Å². The first-order valence-corrected chi connectivity index (χ1v) is 10.1. The Morgan fingerprint density at radius 3 is 2.29 bits per heavy atom. The molecule has 5 nitrogen and oxygen atoms in total. The van der Waals surface area contributed by atoms with E-state index in [0.29, 0.717) is 12.2 Å². The maximum absolute atomic E-state index is 12.5. The second-order valence-electron chi connectivity index (χ2n) is 7.54. The van der Waals surface area contributed by atoms with Crippen LogP contribution in [0.25, 0.3) is 0 Å². The predicted octanol–water partition coefficient (Wildman–Crippen LogP) is 2.40. The largest absolute Gasteiger partial charge is 0.481 e. The molecule has 1 aromatic rings. The number of hydrogen-bond acceptors (Lipinski definition) is 4. The van der Waals surface area contributed by atoms with Gasteiger partial charge in [0, 0.05) is 13.1 Å². The summed E-state index contributed by atoms with van der Waals surface area (Å²) >= 11 is 0. The number of ether oxygens (including phenoxy) is 1. The van der Waals surface area contributed by atoms with E-state index in [-0.39, 0.29) is 28.9 Å². The minimum Gasteiger partial charge on any atom is -0.481 e. The van der Waals surface area contributed by atoms with Gasteiger partial charge in [0.2, 0.25) is 0 Å². The van der Waals surface area contributed by atoms with Crippen molar-refractivity contribution in [3.05, 3.63) is 29.8 Å². The van der Waals surface area contributed by atoms with E-state index in [4.69, 9.17) is 4.74 Å². The number of hydrogen-bond donors (Lipinski definition) is 0. The molecule has 1 saturated heterocycles. The van der Waals surface area contributed by atoms with Gasteiger partial charge in [0.05, 0.1) is 11.5 Å². The Balaban J connectivity index is 1.98. The number of carbonyl (C=O) groups excluding carboxylic acids is 1. The highest BCUT2D eigenvalue weighted by Gasteiger charge is 2.34. The highest BCUT2D eigenvalue weighted by molar-refractivity contribution is 7.91. The number of rotatable bonds is 4. The first-order valence-electron chi connectivity index (χ1n) is 8.24. The highest BCUT2D eigenvalue weighted by Crippen LogP contribution is 2.25. The van der Waals surface area contributed by atoms with Crippen molar-refractivity contribution in [2.75, 3.05) is 18.6 Å². The maximum atomic E-state index is 12.5. The summed E-state index contributed by atoms with van der Waals surface area (Å²) in [5.41, 5.74) is 1.26. The molecule has 1 aliphatic heterocycles. The van der Waals surface area contributed by atoms with Crippen molar-refractivity contribution in [1.29, 1.82) is 0 Å². The molecule has 6 heteroatoms. The van der Waals surface area contributed by atoms with Crippen molar-refractivity contribution in [3.63, 3.8) is 0 Å². The quantitative estimate of drug-likeness (QED) is 0.834. The number of likely N-dealkylation sites (N-methyl/N-ethyl adjacent to an activating group) is 1. The first kappa shape index (κ1) is 18.8. The van der Waals surface area contributed by atoms with Crippen LogP contribution in [-0.4, -0.2) is 49.9 Å². The summed E-state index contributed by atoms with van der Waals surface area (Å²) in [5, 5.41) is 0. The molecule has 0 aliphatic carbocycles. The van der Waals surface area contributed by atoms with Gasteiger partial charge in [0.15, 0.2) is 15.9 Å². The molecular formula is C18H27NO4S. The van der Waals surface area contributed by atoms with Crippen LogP contribution in [0.4, 0.5) is 0 Å². The Bertz CT molecular complexity index is 689. The third kappa shape index (κ3) is 4.50. The van der Waals surface area contributed by atoms with Crippen LogP contribution in [0.5, 0.6) is 5.75 Å². The van der Waals surface area contributed by atoms with Gasteiger partial charge in [0.25, 0.3) is 5.91 Å². The summed E-state index contributed by atoms with van der Waals surface area (Å²) in [7, 11) is -1.36.